The largest absolute Gasteiger partial charge is 0.491 e. The summed E-state index contributed by atoms with van der Waals surface area (Å²) in [4.78, 5) is 15.8. The number of ether oxygens (including phenoxy) is 1. The van der Waals surface area contributed by atoms with Gasteiger partial charge in [0.2, 0.25) is 5.89 Å². The van der Waals surface area contributed by atoms with Gasteiger partial charge in [-0.1, -0.05) is 22.9 Å². The van der Waals surface area contributed by atoms with Crippen LogP contribution in [0.5, 0.6) is 5.75 Å². The van der Waals surface area contributed by atoms with Crippen LogP contribution in [0.4, 0.5) is 4.79 Å². The fourth-order valence-corrected chi connectivity index (χ4v) is 1.90. The number of carbonyl (C=O) groups is 1. The Labute approximate surface area is 135 Å². The van der Waals surface area contributed by atoms with Crippen molar-refractivity contribution < 1.29 is 14.1 Å². The number of aryl methyl sites for hydroxylation is 2. The number of aromatic nitrogens is 2. The monoisotopic (exact) mass is 318 g/mol. The van der Waals surface area contributed by atoms with E-state index < -0.39 is 0 Å². The van der Waals surface area contributed by atoms with Gasteiger partial charge >= 0.3 is 6.03 Å². The first-order chi connectivity index (χ1) is 11.0. The molecule has 0 saturated heterocycles. The van der Waals surface area contributed by atoms with Gasteiger partial charge in [-0.2, -0.15) is 4.98 Å². The van der Waals surface area contributed by atoms with E-state index in [9.17, 15) is 4.79 Å². The molecule has 0 fully saturated rings. The Kier molecular flexibility index (Phi) is 5.96. The summed E-state index contributed by atoms with van der Waals surface area (Å²) in [5.41, 5.74) is 1.18. The summed E-state index contributed by atoms with van der Waals surface area (Å²) in [7, 11) is 0. The second kappa shape index (κ2) is 8.17. The number of hydrogen-bond donors (Lipinski definition) is 2. The lowest BCUT2D eigenvalue weighted by molar-refractivity contribution is 0.226. The first-order valence-corrected chi connectivity index (χ1v) is 7.56. The van der Waals surface area contributed by atoms with E-state index in [4.69, 9.17) is 9.26 Å². The summed E-state index contributed by atoms with van der Waals surface area (Å²) < 4.78 is 10.6. The number of hydrogen-bond acceptors (Lipinski definition) is 5. The van der Waals surface area contributed by atoms with E-state index in [-0.39, 0.29) is 12.1 Å². The van der Waals surface area contributed by atoms with Crippen LogP contribution in [0.2, 0.25) is 0 Å². The van der Waals surface area contributed by atoms with Crippen LogP contribution in [-0.4, -0.2) is 35.4 Å². The summed E-state index contributed by atoms with van der Waals surface area (Å²) in [5.74, 6) is 1.89. The maximum atomic E-state index is 11.8. The molecule has 0 aliphatic heterocycles. The standard InChI is InChI=1S/C16H22N4O3/c1-11-4-6-14(7-5-11)22-10-12(2)18-16(21)17-9-8-15-19-13(3)20-23-15/h4-7,12H,8-10H2,1-3H3,(H2,17,18,21)/t12-/m1/s1. The first kappa shape index (κ1) is 16.8. The molecule has 2 N–H and O–H groups in total. The molecule has 0 aliphatic carbocycles. The minimum atomic E-state index is -0.249. The van der Waals surface area contributed by atoms with Gasteiger partial charge < -0.3 is 19.9 Å². The molecular weight excluding hydrogens is 296 g/mol. The lowest BCUT2D eigenvalue weighted by Crippen LogP contribution is -2.43. The van der Waals surface area contributed by atoms with Crippen molar-refractivity contribution >= 4 is 6.03 Å². The number of carbonyl (C=O) groups excluding carboxylic acids is 1. The normalized spacial score (nSPS) is 11.8. The Bertz CT molecular complexity index is 625. The summed E-state index contributed by atoms with van der Waals surface area (Å²) in [6.07, 6.45) is 0.502. The average molecular weight is 318 g/mol. The molecule has 1 atom stereocenters. The first-order valence-electron chi connectivity index (χ1n) is 7.56. The number of urea groups is 1. The second-order valence-electron chi connectivity index (χ2n) is 5.41. The Morgan fingerprint density at radius 1 is 1.30 bits per heavy atom. The van der Waals surface area contributed by atoms with Crippen molar-refractivity contribution in [2.45, 2.75) is 33.2 Å². The van der Waals surface area contributed by atoms with Crippen LogP contribution in [0.1, 0.15) is 24.2 Å². The number of nitrogens with one attached hydrogen (secondary N) is 2. The zero-order valence-corrected chi connectivity index (χ0v) is 13.6. The van der Waals surface area contributed by atoms with Gasteiger partial charge in [0.15, 0.2) is 5.82 Å². The molecule has 124 valence electrons. The maximum Gasteiger partial charge on any atom is 0.315 e. The second-order valence-corrected chi connectivity index (χ2v) is 5.41. The zero-order chi connectivity index (χ0) is 16.7. The Balaban J connectivity index is 1.63. The highest BCUT2D eigenvalue weighted by atomic mass is 16.5. The van der Waals surface area contributed by atoms with Crippen molar-refractivity contribution in [1.82, 2.24) is 20.8 Å². The molecule has 23 heavy (non-hydrogen) atoms. The third kappa shape index (κ3) is 5.98. The predicted octanol–water partition coefficient (Wildman–Crippen LogP) is 2.00. The topological polar surface area (TPSA) is 89.3 Å². The lowest BCUT2D eigenvalue weighted by Gasteiger charge is -2.15. The highest BCUT2D eigenvalue weighted by Gasteiger charge is 2.08. The van der Waals surface area contributed by atoms with Gasteiger partial charge in [0.05, 0.1) is 6.04 Å². The summed E-state index contributed by atoms with van der Waals surface area (Å²) in [5, 5.41) is 9.25. The van der Waals surface area contributed by atoms with E-state index in [1.165, 1.54) is 5.56 Å². The summed E-state index contributed by atoms with van der Waals surface area (Å²) in [6, 6.07) is 7.44. The van der Waals surface area contributed by atoms with Gasteiger partial charge in [0.25, 0.3) is 0 Å². The molecule has 1 heterocycles. The van der Waals surface area contributed by atoms with Gasteiger partial charge in [-0.15, -0.1) is 0 Å². The van der Waals surface area contributed by atoms with Crippen molar-refractivity contribution in [1.29, 1.82) is 0 Å². The Hall–Kier alpha value is -2.57. The van der Waals surface area contributed by atoms with Crippen LogP contribution in [0, 0.1) is 13.8 Å². The van der Waals surface area contributed by atoms with Crippen LogP contribution in [0.25, 0.3) is 0 Å². The third-order valence-electron chi connectivity index (χ3n) is 3.09. The van der Waals surface area contributed by atoms with E-state index in [2.05, 4.69) is 20.8 Å². The van der Waals surface area contributed by atoms with Gasteiger partial charge in [-0.05, 0) is 32.9 Å². The molecule has 1 aromatic carbocycles. The van der Waals surface area contributed by atoms with E-state index in [1.807, 2.05) is 38.1 Å². The fourth-order valence-electron chi connectivity index (χ4n) is 1.90. The summed E-state index contributed by atoms with van der Waals surface area (Å²) >= 11 is 0. The van der Waals surface area contributed by atoms with Gasteiger partial charge in [0, 0.05) is 13.0 Å². The molecule has 2 rings (SSSR count). The SMILES string of the molecule is Cc1ccc(OC[C@@H](C)NC(=O)NCCc2nc(C)no2)cc1. The van der Waals surface area contributed by atoms with Crippen molar-refractivity contribution in [3.63, 3.8) is 0 Å². The molecule has 0 radical (unpaired) electrons. The van der Waals surface area contributed by atoms with Crippen molar-refractivity contribution in [3.05, 3.63) is 41.5 Å². The lowest BCUT2D eigenvalue weighted by atomic mass is 10.2. The van der Waals surface area contributed by atoms with Gasteiger partial charge in [-0.25, -0.2) is 4.79 Å². The van der Waals surface area contributed by atoms with Crippen LogP contribution >= 0.6 is 0 Å². The number of nitrogens with zero attached hydrogens (tertiary/aromatic N) is 2. The molecule has 7 nitrogen and oxygen atoms in total. The molecule has 7 heteroatoms. The Morgan fingerprint density at radius 2 is 2.04 bits per heavy atom. The van der Waals surface area contributed by atoms with Crippen LogP contribution in [0.3, 0.4) is 0 Å². The summed E-state index contributed by atoms with van der Waals surface area (Å²) in [6.45, 7) is 6.49. The Morgan fingerprint density at radius 3 is 2.70 bits per heavy atom. The molecule has 0 unspecified atom stereocenters. The van der Waals surface area contributed by atoms with Gasteiger partial charge in [-0.3, -0.25) is 0 Å². The fraction of sp³-hybridized carbons (Fsp3) is 0.438. The molecule has 0 bridgehead atoms. The number of rotatable bonds is 7. The van der Waals surface area contributed by atoms with E-state index in [0.29, 0.717) is 31.3 Å². The molecule has 1 aromatic heterocycles. The minimum absolute atomic E-state index is 0.109. The zero-order valence-electron chi connectivity index (χ0n) is 13.6. The number of amides is 2. The third-order valence-corrected chi connectivity index (χ3v) is 3.09. The molecule has 0 saturated carbocycles. The molecule has 2 amide bonds. The van der Waals surface area contributed by atoms with Crippen molar-refractivity contribution in [2.24, 2.45) is 0 Å². The average Bonchev–Trinajstić information content (AvgIpc) is 2.92. The van der Waals surface area contributed by atoms with Gasteiger partial charge in [0.1, 0.15) is 12.4 Å². The van der Waals surface area contributed by atoms with E-state index >= 15 is 0 Å². The molecule has 0 aliphatic rings. The molecule has 0 spiro atoms. The van der Waals surface area contributed by atoms with Crippen molar-refractivity contribution in [3.8, 4) is 5.75 Å². The van der Waals surface area contributed by atoms with Crippen LogP contribution in [0.15, 0.2) is 28.8 Å². The molecular formula is C16H22N4O3. The minimum Gasteiger partial charge on any atom is -0.491 e. The van der Waals surface area contributed by atoms with E-state index in [0.717, 1.165) is 5.75 Å². The smallest absolute Gasteiger partial charge is 0.315 e. The highest BCUT2D eigenvalue weighted by Crippen LogP contribution is 2.11. The van der Waals surface area contributed by atoms with Crippen LogP contribution < -0.4 is 15.4 Å². The van der Waals surface area contributed by atoms with E-state index in [1.54, 1.807) is 6.92 Å². The maximum absolute atomic E-state index is 11.8. The highest BCUT2D eigenvalue weighted by molar-refractivity contribution is 5.74. The predicted molar refractivity (Wildman–Crippen MR) is 85.4 cm³/mol. The van der Waals surface area contributed by atoms with Crippen LogP contribution in [-0.2, 0) is 6.42 Å². The number of benzene rings is 1. The quantitative estimate of drug-likeness (QED) is 0.815. The van der Waals surface area contributed by atoms with Crippen molar-refractivity contribution in [2.75, 3.05) is 13.2 Å². The molecule has 2 aromatic rings.